The van der Waals surface area contributed by atoms with Gasteiger partial charge in [-0.25, -0.2) is 4.57 Å². The van der Waals surface area contributed by atoms with E-state index in [4.69, 9.17) is 24.8 Å². The molecule has 0 aromatic rings. The number of nitrogens with two attached hydrogens (primary N) is 1. The molecule has 0 aliphatic carbocycles. The van der Waals surface area contributed by atoms with Crippen LogP contribution in [0.2, 0.25) is 0 Å². The predicted octanol–water partition coefficient (Wildman–Crippen LogP) is 12.4. The van der Waals surface area contributed by atoms with Gasteiger partial charge >= 0.3 is 25.7 Å². The number of carboxylic acids is 1. The van der Waals surface area contributed by atoms with Gasteiger partial charge in [0.15, 0.2) is 6.10 Å². The summed E-state index contributed by atoms with van der Waals surface area (Å²) >= 11 is 0. The van der Waals surface area contributed by atoms with E-state index in [-0.39, 0.29) is 19.4 Å². The maximum atomic E-state index is 12.6. The molecule has 0 saturated heterocycles. The van der Waals surface area contributed by atoms with Crippen LogP contribution in [0.15, 0.2) is 36.5 Å². The number of allylic oxidation sites excluding steroid dienone is 6. The van der Waals surface area contributed by atoms with E-state index in [1.807, 2.05) is 0 Å². The Balaban J connectivity index is 4.35. The lowest BCUT2D eigenvalue weighted by Gasteiger charge is -2.20. The molecular weight excluding hydrogens is 757 g/mol. The van der Waals surface area contributed by atoms with Gasteiger partial charge in [0.05, 0.1) is 13.2 Å². The van der Waals surface area contributed by atoms with E-state index in [1.165, 1.54) is 89.9 Å². The fraction of sp³-hybridized carbons (Fsp3) is 0.804. The maximum absolute atomic E-state index is 12.6. The number of phosphoric acid groups is 1. The number of hydrogen-bond acceptors (Lipinski definition) is 9. The van der Waals surface area contributed by atoms with Crippen molar-refractivity contribution in [2.45, 2.75) is 219 Å². The minimum atomic E-state index is -4.72. The zero-order valence-corrected chi connectivity index (χ0v) is 37.5. The quantitative estimate of drug-likeness (QED) is 0.0231. The van der Waals surface area contributed by atoms with Crippen molar-refractivity contribution in [3.63, 3.8) is 0 Å². The van der Waals surface area contributed by atoms with Crippen LogP contribution in [0.4, 0.5) is 0 Å². The lowest BCUT2D eigenvalue weighted by Crippen LogP contribution is -2.34. The molecule has 0 aromatic heterocycles. The normalized spacial score (nSPS) is 14.0. The number of unbranched alkanes of at least 4 members (excludes halogenated alkanes) is 23. The number of ether oxygens (including phenoxy) is 2. The second kappa shape index (κ2) is 41.4. The first-order valence-electron chi connectivity index (χ1n) is 23.0. The summed E-state index contributed by atoms with van der Waals surface area (Å²) in [4.78, 5) is 46.0. The molecule has 0 rings (SSSR count). The topological polar surface area (TPSA) is 172 Å². The molecule has 3 atom stereocenters. The number of carbonyl (C=O) groups is 3. The molecule has 0 heterocycles. The van der Waals surface area contributed by atoms with Crippen molar-refractivity contribution < 1.29 is 47.5 Å². The molecule has 0 aliphatic rings. The van der Waals surface area contributed by atoms with Crippen molar-refractivity contribution in [2.24, 2.45) is 5.73 Å². The molecule has 0 aromatic carbocycles. The monoisotopic (exact) mass is 842 g/mol. The van der Waals surface area contributed by atoms with Crippen molar-refractivity contribution in [2.75, 3.05) is 19.8 Å². The Kier molecular flexibility index (Phi) is 39.8. The summed E-state index contributed by atoms with van der Waals surface area (Å²) in [5.41, 5.74) is 5.34. The van der Waals surface area contributed by atoms with E-state index in [0.717, 1.165) is 77.0 Å². The fourth-order valence-electron chi connectivity index (χ4n) is 6.21. The van der Waals surface area contributed by atoms with Crippen LogP contribution >= 0.6 is 7.82 Å². The highest BCUT2D eigenvalue weighted by Crippen LogP contribution is 2.43. The van der Waals surface area contributed by atoms with Gasteiger partial charge in [-0.1, -0.05) is 159 Å². The smallest absolute Gasteiger partial charge is 0.472 e. The second-order valence-corrected chi connectivity index (χ2v) is 17.0. The third-order valence-corrected chi connectivity index (χ3v) is 10.8. The van der Waals surface area contributed by atoms with E-state index < -0.39 is 51.1 Å². The largest absolute Gasteiger partial charge is 0.480 e. The van der Waals surface area contributed by atoms with Crippen LogP contribution in [0.25, 0.3) is 0 Å². The van der Waals surface area contributed by atoms with Crippen molar-refractivity contribution in [3.05, 3.63) is 36.5 Å². The minimum Gasteiger partial charge on any atom is -0.480 e. The van der Waals surface area contributed by atoms with Gasteiger partial charge < -0.3 is 25.2 Å². The standard InChI is InChI=1S/C46H84NO10P/c1-3-5-7-9-11-13-15-17-19-21-22-24-26-28-30-32-34-36-38-45(49)57-42(40-55-58(52,53)56-41-43(47)46(50)51)39-54-44(48)37-35-33-31-29-27-25-23-20-18-16-14-12-10-8-6-4-2/h13,15,19-21,23,42-43H,3-12,14,16-18,22,24-41,47H2,1-2H3,(H,50,51)(H,52,53)/b15-13-,21-19-,23-20-. The summed E-state index contributed by atoms with van der Waals surface area (Å²) in [5.74, 6) is -2.39. The van der Waals surface area contributed by atoms with Crippen molar-refractivity contribution >= 4 is 25.7 Å². The molecule has 0 bridgehead atoms. The van der Waals surface area contributed by atoms with E-state index in [2.05, 4.69) is 54.8 Å². The Morgan fingerprint density at radius 1 is 0.534 bits per heavy atom. The second-order valence-electron chi connectivity index (χ2n) is 15.5. The number of aliphatic carboxylic acids is 1. The van der Waals surface area contributed by atoms with Crippen LogP contribution in [0.3, 0.4) is 0 Å². The third kappa shape index (κ3) is 40.5. The van der Waals surface area contributed by atoms with E-state index >= 15 is 0 Å². The van der Waals surface area contributed by atoms with Crippen LogP contribution in [0.1, 0.15) is 206 Å². The summed E-state index contributed by atoms with van der Waals surface area (Å²) in [5, 5.41) is 8.90. The van der Waals surface area contributed by atoms with Crippen molar-refractivity contribution in [1.29, 1.82) is 0 Å². The Labute approximate surface area is 353 Å². The highest BCUT2D eigenvalue weighted by molar-refractivity contribution is 7.47. The first-order chi connectivity index (χ1) is 28.1. The summed E-state index contributed by atoms with van der Waals surface area (Å²) in [6.07, 6.45) is 44.8. The molecule has 0 aliphatic heterocycles. The highest BCUT2D eigenvalue weighted by Gasteiger charge is 2.28. The third-order valence-electron chi connectivity index (χ3n) is 9.86. The molecule has 58 heavy (non-hydrogen) atoms. The lowest BCUT2D eigenvalue weighted by molar-refractivity contribution is -0.161. The van der Waals surface area contributed by atoms with E-state index in [0.29, 0.717) is 12.8 Å². The summed E-state index contributed by atoms with van der Waals surface area (Å²) in [6, 6.07) is -1.52. The van der Waals surface area contributed by atoms with Crippen LogP contribution < -0.4 is 5.73 Å². The zero-order valence-electron chi connectivity index (χ0n) is 36.6. The van der Waals surface area contributed by atoms with Gasteiger partial charge in [0.2, 0.25) is 0 Å². The molecule has 4 N–H and O–H groups in total. The molecular formula is C46H84NO10P. The van der Waals surface area contributed by atoms with Crippen molar-refractivity contribution in [1.82, 2.24) is 0 Å². The Morgan fingerprint density at radius 3 is 1.38 bits per heavy atom. The van der Waals surface area contributed by atoms with Gasteiger partial charge in [-0.2, -0.15) is 0 Å². The summed E-state index contributed by atoms with van der Waals surface area (Å²) in [6.45, 7) is 2.78. The molecule has 0 radical (unpaired) electrons. The lowest BCUT2D eigenvalue weighted by atomic mass is 10.1. The molecule has 338 valence electrons. The van der Waals surface area contributed by atoms with E-state index in [9.17, 15) is 23.8 Å². The molecule has 0 amide bonds. The number of carboxylic acid groups (broad SMARTS) is 1. The van der Waals surface area contributed by atoms with Gasteiger partial charge in [-0.15, -0.1) is 0 Å². The molecule has 11 nitrogen and oxygen atoms in total. The van der Waals surface area contributed by atoms with Crippen LogP contribution in [0.5, 0.6) is 0 Å². The van der Waals surface area contributed by atoms with Gasteiger partial charge in [-0.05, 0) is 70.6 Å². The maximum Gasteiger partial charge on any atom is 0.472 e. The minimum absolute atomic E-state index is 0.151. The number of rotatable bonds is 43. The molecule has 0 fully saturated rings. The number of esters is 2. The Morgan fingerprint density at radius 2 is 0.914 bits per heavy atom. The van der Waals surface area contributed by atoms with Crippen LogP contribution in [-0.2, 0) is 37.5 Å². The fourth-order valence-corrected chi connectivity index (χ4v) is 6.99. The van der Waals surface area contributed by atoms with Gasteiger partial charge in [0.1, 0.15) is 12.6 Å². The average molecular weight is 842 g/mol. The number of hydrogen-bond donors (Lipinski definition) is 3. The number of carbonyl (C=O) groups excluding carboxylic acids is 2. The molecule has 12 heteroatoms. The van der Waals surface area contributed by atoms with Gasteiger partial charge in [0, 0.05) is 12.8 Å². The van der Waals surface area contributed by atoms with Gasteiger partial charge in [-0.3, -0.25) is 23.4 Å². The SMILES string of the molecule is CCCCCC/C=C\C/C=C\CCCCCCCCCC(=O)OC(COC(=O)CCCCCCC/C=C\CCCCCCCCC)COP(=O)(O)OCC(N)C(=O)O. The Hall–Kier alpha value is -2.30. The number of phosphoric ester groups is 1. The molecule has 0 saturated carbocycles. The molecule has 3 unspecified atom stereocenters. The van der Waals surface area contributed by atoms with Crippen LogP contribution in [0, 0.1) is 0 Å². The zero-order chi connectivity index (χ0) is 42.8. The van der Waals surface area contributed by atoms with Crippen molar-refractivity contribution in [3.8, 4) is 0 Å². The predicted molar refractivity (Wildman–Crippen MR) is 235 cm³/mol. The summed E-state index contributed by atoms with van der Waals surface area (Å²) < 4.78 is 32.7. The average Bonchev–Trinajstić information content (AvgIpc) is 3.20. The first-order valence-corrected chi connectivity index (χ1v) is 24.5. The first kappa shape index (κ1) is 55.7. The van der Waals surface area contributed by atoms with E-state index in [1.54, 1.807) is 0 Å². The molecule has 0 spiro atoms. The Bertz CT molecular complexity index is 1130. The van der Waals surface area contributed by atoms with Crippen LogP contribution in [-0.4, -0.2) is 59.9 Å². The van der Waals surface area contributed by atoms with Gasteiger partial charge in [0.25, 0.3) is 0 Å². The summed E-state index contributed by atoms with van der Waals surface area (Å²) in [7, 11) is -4.72. The highest BCUT2D eigenvalue weighted by atomic mass is 31.2.